The van der Waals surface area contributed by atoms with Gasteiger partial charge in [0.2, 0.25) is 0 Å². The Morgan fingerprint density at radius 1 is 1.26 bits per heavy atom. The molecular weight excluding hydrogens is 236 g/mol. The molecule has 0 fully saturated rings. The van der Waals surface area contributed by atoms with Gasteiger partial charge in [0, 0.05) is 6.42 Å². The van der Waals surface area contributed by atoms with Gasteiger partial charge in [0.05, 0.1) is 6.61 Å². The van der Waals surface area contributed by atoms with Crippen LogP contribution in [-0.4, -0.2) is 12.4 Å². The molecule has 106 valence electrons. The molecular formula is C17H26O2. The number of hydrogen-bond donors (Lipinski definition) is 0. The van der Waals surface area contributed by atoms with Crippen molar-refractivity contribution < 1.29 is 9.53 Å². The second kappa shape index (κ2) is 7.32. The van der Waals surface area contributed by atoms with Gasteiger partial charge in [0.15, 0.2) is 0 Å². The second-order valence-corrected chi connectivity index (χ2v) is 5.46. The molecule has 1 aromatic rings. The maximum absolute atomic E-state index is 11.1. The van der Waals surface area contributed by atoms with Crippen LogP contribution >= 0.6 is 0 Å². The predicted octanol–water partition coefficient (Wildman–Crippen LogP) is 4.56. The zero-order chi connectivity index (χ0) is 14.4. The van der Waals surface area contributed by atoms with E-state index in [1.54, 1.807) is 6.92 Å². The van der Waals surface area contributed by atoms with Gasteiger partial charge in [-0.3, -0.25) is 0 Å². The first-order valence-corrected chi connectivity index (χ1v) is 7.19. The molecule has 1 rings (SSSR count). The maximum Gasteiger partial charge on any atom is 0.129 e. The molecule has 2 heteroatoms. The van der Waals surface area contributed by atoms with Crippen molar-refractivity contribution >= 4 is 5.78 Å². The predicted molar refractivity (Wildman–Crippen MR) is 80.0 cm³/mol. The van der Waals surface area contributed by atoms with Crippen LogP contribution < -0.4 is 4.74 Å². The van der Waals surface area contributed by atoms with Crippen LogP contribution in [-0.2, 0) is 4.79 Å². The number of carbonyl (C=O) groups is 1. The minimum absolute atomic E-state index is 0.268. The number of rotatable bonds is 7. The quantitative estimate of drug-likeness (QED) is 0.719. The summed E-state index contributed by atoms with van der Waals surface area (Å²) in [6.07, 6.45) is 2.60. The van der Waals surface area contributed by atoms with E-state index in [0.717, 1.165) is 25.2 Å². The Bertz CT molecular complexity index is 435. The van der Waals surface area contributed by atoms with Crippen LogP contribution in [0.2, 0.25) is 0 Å². The van der Waals surface area contributed by atoms with Gasteiger partial charge in [-0.25, -0.2) is 0 Å². The van der Waals surface area contributed by atoms with Crippen molar-refractivity contribution in [2.24, 2.45) is 0 Å². The van der Waals surface area contributed by atoms with Gasteiger partial charge in [0.1, 0.15) is 11.5 Å². The lowest BCUT2D eigenvalue weighted by Crippen LogP contribution is -2.03. The Morgan fingerprint density at radius 3 is 2.53 bits per heavy atom. The van der Waals surface area contributed by atoms with Gasteiger partial charge in [0.25, 0.3) is 0 Å². The van der Waals surface area contributed by atoms with E-state index in [0.29, 0.717) is 12.3 Å². The first kappa shape index (κ1) is 15.7. The Hall–Kier alpha value is -1.31. The summed E-state index contributed by atoms with van der Waals surface area (Å²) in [5.74, 6) is 1.67. The van der Waals surface area contributed by atoms with Gasteiger partial charge >= 0.3 is 0 Å². The molecule has 0 amide bonds. The molecule has 1 unspecified atom stereocenters. The zero-order valence-corrected chi connectivity index (χ0v) is 12.9. The van der Waals surface area contributed by atoms with E-state index < -0.39 is 0 Å². The second-order valence-electron chi connectivity index (χ2n) is 5.46. The van der Waals surface area contributed by atoms with Crippen molar-refractivity contribution in [3.8, 4) is 5.75 Å². The number of carbonyl (C=O) groups excluding carboxylic acids is 1. The van der Waals surface area contributed by atoms with Crippen molar-refractivity contribution in [3.63, 3.8) is 0 Å². The molecule has 0 bridgehead atoms. The van der Waals surface area contributed by atoms with Crippen molar-refractivity contribution in [1.82, 2.24) is 0 Å². The van der Waals surface area contributed by atoms with Crippen LogP contribution in [0.4, 0.5) is 0 Å². The number of ketones is 1. The Labute approximate surface area is 117 Å². The third-order valence-electron chi connectivity index (χ3n) is 3.49. The van der Waals surface area contributed by atoms with E-state index in [9.17, 15) is 4.79 Å². The minimum atomic E-state index is 0.268. The monoisotopic (exact) mass is 262 g/mol. The summed E-state index contributed by atoms with van der Waals surface area (Å²) < 4.78 is 5.75. The summed E-state index contributed by atoms with van der Waals surface area (Å²) in [7, 11) is 0. The molecule has 0 aliphatic rings. The van der Waals surface area contributed by atoms with Crippen molar-refractivity contribution in [2.75, 3.05) is 6.61 Å². The number of hydrogen-bond acceptors (Lipinski definition) is 2. The van der Waals surface area contributed by atoms with Crippen LogP contribution in [0.25, 0.3) is 0 Å². The molecule has 0 saturated carbocycles. The van der Waals surface area contributed by atoms with Gasteiger partial charge in [-0.1, -0.05) is 19.9 Å². The lowest BCUT2D eigenvalue weighted by molar-refractivity contribution is -0.117. The average Bonchev–Trinajstić information content (AvgIpc) is 2.36. The highest BCUT2D eigenvalue weighted by Gasteiger charge is 2.12. The molecule has 0 radical (unpaired) electrons. The van der Waals surface area contributed by atoms with Crippen LogP contribution in [0.1, 0.15) is 62.6 Å². The number of Topliss-reactive ketones (excluding diaryl/α,β-unsaturated/α-hetero) is 1. The summed E-state index contributed by atoms with van der Waals surface area (Å²) in [5.41, 5.74) is 3.78. The molecule has 0 aliphatic carbocycles. The van der Waals surface area contributed by atoms with E-state index in [2.05, 4.69) is 39.8 Å². The first-order valence-electron chi connectivity index (χ1n) is 7.19. The Balaban J connectivity index is 2.85. The molecule has 0 aliphatic heterocycles. The van der Waals surface area contributed by atoms with Crippen molar-refractivity contribution in [3.05, 3.63) is 28.8 Å². The fourth-order valence-corrected chi connectivity index (χ4v) is 2.29. The van der Waals surface area contributed by atoms with Crippen LogP contribution in [0.5, 0.6) is 5.75 Å². The van der Waals surface area contributed by atoms with E-state index in [4.69, 9.17) is 4.74 Å². The minimum Gasteiger partial charge on any atom is -0.493 e. The third-order valence-corrected chi connectivity index (χ3v) is 3.49. The van der Waals surface area contributed by atoms with Gasteiger partial charge in [-0.15, -0.1) is 0 Å². The van der Waals surface area contributed by atoms with E-state index in [1.807, 2.05) is 0 Å². The molecule has 2 nitrogen and oxygen atoms in total. The summed E-state index contributed by atoms with van der Waals surface area (Å²) >= 11 is 0. The lowest BCUT2D eigenvalue weighted by Gasteiger charge is -2.17. The molecule has 0 heterocycles. The highest BCUT2D eigenvalue weighted by molar-refractivity contribution is 5.75. The van der Waals surface area contributed by atoms with E-state index in [1.165, 1.54) is 16.7 Å². The molecule has 0 aromatic heterocycles. The first-order chi connectivity index (χ1) is 8.95. The van der Waals surface area contributed by atoms with Crippen molar-refractivity contribution in [1.29, 1.82) is 0 Å². The smallest absolute Gasteiger partial charge is 0.129 e. The Morgan fingerprint density at radius 2 is 1.95 bits per heavy atom. The SMILES string of the molecule is CCCOc1cc(C)c(C(C)CCC(C)=O)cc1C. The number of ether oxygens (including phenoxy) is 1. The van der Waals surface area contributed by atoms with E-state index in [-0.39, 0.29) is 5.78 Å². The van der Waals surface area contributed by atoms with Gasteiger partial charge in [-0.05, 0) is 62.3 Å². The fourth-order valence-electron chi connectivity index (χ4n) is 2.29. The zero-order valence-electron chi connectivity index (χ0n) is 12.9. The fraction of sp³-hybridized carbons (Fsp3) is 0.588. The van der Waals surface area contributed by atoms with Crippen molar-refractivity contribution in [2.45, 2.75) is 59.8 Å². The average molecular weight is 262 g/mol. The normalized spacial score (nSPS) is 12.3. The highest BCUT2D eigenvalue weighted by atomic mass is 16.5. The van der Waals surface area contributed by atoms with Crippen LogP contribution in [0.3, 0.4) is 0 Å². The summed E-state index contributed by atoms with van der Waals surface area (Å²) in [4.78, 5) is 11.1. The molecule has 0 saturated heterocycles. The topological polar surface area (TPSA) is 26.3 Å². The van der Waals surface area contributed by atoms with Crippen LogP contribution in [0.15, 0.2) is 12.1 Å². The lowest BCUT2D eigenvalue weighted by atomic mass is 9.90. The molecule has 1 atom stereocenters. The third kappa shape index (κ3) is 4.70. The number of benzene rings is 1. The Kier molecular flexibility index (Phi) is 6.07. The molecule has 0 N–H and O–H groups in total. The summed E-state index contributed by atoms with van der Waals surface area (Å²) in [6, 6.07) is 4.34. The highest BCUT2D eigenvalue weighted by Crippen LogP contribution is 2.30. The maximum atomic E-state index is 11.1. The van der Waals surface area contributed by atoms with Gasteiger partial charge in [-0.2, -0.15) is 0 Å². The van der Waals surface area contributed by atoms with Gasteiger partial charge < -0.3 is 9.53 Å². The summed E-state index contributed by atoms with van der Waals surface area (Å²) in [6.45, 7) is 10.9. The van der Waals surface area contributed by atoms with E-state index >= 15 is 0 Å². The van der Waals surface area contributed by atoms with Crippen LogP contribution in [0, 0.1) is 13.8 Å². The standard InChI is InChI=1S/C17H26O2/c1-6-9-19-17-11-13(3)16(10-14(17)4)12(2)7-8-15(5)18/h10-12H,6-9H2,1-5H3. The molecule has 0 spiro atoms. The molecule has 1 aromatic carbocycles. The molecule has 19 heavy (non-hydrogen) atoms. The largest absolute Gasteiger partial charge is 0.493 e. The number of aryl methyl sites for hydroxylation is 2. The summed E-state index contributed by atoms with van der Waals surface area (Å²) in [5, 5.41) is 0.